The average molecular weight is 278 g/mol. The average Bonchev–Trinajstić information content (AvgIpc) is 2.55. The summed E-state index contributed by atoms with van der Waals surface area (Å²) >= 11 is 0. The molecule has 0 saturated heterocycles. The quantitative estimate of drug-likeness (QED) is 0.634. The third kappa shape index (κ3) is 3.43. The first kappa shape index (κ1) is 14.2. The van der Waals surface area contributed by atoms with Gasteiger partial charge in [0.25, 0.3) is 0 Å². The van der Waals surface area contributed by atoms with Crippen molar-refractivity contribution < 1.29 is 4.74 Å². The van der Waals surface area contributed by atoms with Gasteiger partial charge < -0.3 is 4.74 Å². The molecule has 0 fully saturated rings. The normalized spacial score (nSPS) is 9.33. The molecule has 0 N–H and O–H groups in total. The van der Waals surface area contributed by atoms with Crippen LogP contribution in [0.2, 0.25) is 0 Å². The van der Waals surface area contributed by atoms with Crippen LogP contribution in [0.4, 0.5) is 11.4 Å². The third-order valence-corrected chi connectivity index (χ3v) is 2.98. The van der Waals surface area contributed by atoms with Gasteiger partial charge in [0.2, 0.25) is 0 Å². The molecule has 0 aliphatic heterocycles. The van der Waals surface area contributed by atoms with Crippen LogP contribution in [-0.4, -0.2) is 14.1 Å². The predicted octanol–water partition coefficient (Wildman–Crippen LogP) is 3.31. The molecule has 2 rings (SSSR count). The lowest BCUT2D eigenvalue weighted by atomic mass is 10.2. The summed E-state index contributed by atoms with van der Waals surface area (Å²) in [6.45, 7) is 0. The SMILES string of the molecule is CN(C#N)c1ccc(Oc2ccc(N(C)C#N)cc2)cc1. The van der Waals surface area contributed by atoms with Gasteiger partial charge in [-0.3, -0.25) is 9.80 Å². The molecule has 0 aliphatic carbocycles. The van der Waals surface area contributed by atoms with E-state index >= 15 is 0 Å². The number of anilines is 2. The summed E-state index contributed by atoms with van der Waals surface area (Å²) in [7, 11) is 3.39. The Balaban J connectivity index is 2.08. The highest BCUT2D eigenvalue weighted by Gasteiger charge is 2.02. The molecule has 0 saturated carbocycles. The van der Waals surface area contributed by atoms with Crippen molar-refractivity contribution in [1.82, 2.24) is 0 Å². The summed E-state index contributed by atoms with van der Waals surface area (Å²) < 4.78 is 5.71. The Labute approximate surface area is 123 Å². The van der Waals surface area contributed by atoms with Crippen molar-refractivity contribution in [3.05, 3.63) is 48.5 Å². The van der Waals surface area contributed by atoms with Gasteiger partial charge in [-0.1, -0.05) is 0 Å². The van der Waals surface area contributed by atoms with Crippen molar-refractivity contribution in [1.29, 1.82) is 10.5 Å². The van der Waals surface area contributed by atoms with Crippen molar-refractivity contribution in [2.75, 3.05) is 23.9 Å². The molecule has 5 heteroatoms. The van der Waals surface area contributed by atoms with E-state index in [0.717, 1.165) is 11.4 Å². The lowest BCUT2D eigenvalue weighted by Gasteiger charge is -2.12. The highest BCUT2D eigenvalue weighted by molar-refractivity contribution is 5.53. The summed E-state index contributed by atoms with van der Waals surface area (Å²) in [5.74, 6) is 1.37. The molecule has 0 spiro atoms. The fraction of sp³-hybridized carbons (Fsp3) is 0.125. The molecule has 0 amide bonds. The van der Waals surface area contributed by atoms with Crippen LogP contribution >= 0.6 is 0 Å². The van der Waals surface area contributed by atoms with Crippen molar-refractivity contribution in [2.45, 2.75) is 0 Å². The molecule has 0 atom stereocenters. The van der Waals surface area contributed by atoms with Gasteiger partial charge >= 0.3 is 0 Å². The van der Waals surface area contributed by atoms with Crippen molar-refractivity contribution in [2.24, 2.45) is 0 Å². The number of hydrogen-bond acceptors (Lipinski definition) is 5. The molecule has 0 bridgehead atoms. The third-order valence-electron chi connectivity index (χ3n) is 2.98. The van der Waals surface area contributed by atoms with Crippen molar-refractivity contribution in [3.8, 4) is 23.9 Å². The zero-order chi connectivity index (χ0) is 15.2. The number of ether oxygens (including phenoxy) is 1. The lowest BCUT2D eigenvalue weighted by Crippen LogP contribution is -2.07. The highest BCUT2D eigenvalue weighted by Crippen LogP contribution is 2.25. The van der Waals surface area contributed by atoms with E-state index in [1.165, 1.54) is 9.80 Å². The summed E-state index contributed by atoms with van der Waals surface area (Å²) in [5, 5.41) is 17.6. The molecule has 0 radical (unpaired) electrons. The monoisotopic (exact) mass is 278 g/mol. The molecule has 0 aromatic heterocycles. The first-order chi connectivity index (χ1) is 10.1. The maximum atomic E-state index is 8.80. The number of nitriles is 2. The zero-order valence-corrected chi connectivity index (χ0v) is 11.8. The number of benzene rings is 2. The van der Waals surface area contributed by atoms with Crippen LogP contribution in [0.15, 0.2) is 48.5 Å². The second-order valence-electron chi connectivity index (χ2n) is 4.41. The second-order valence-corrected chi connectivity index (χ2v) is 4.41. The fourth-order valence-electron chi connectivity index (χ4n) is 1.73. The molecular weight excluding hydrogens is 264 g/mol. The topological polar surface area (TPSA) is 63.3 Å². The Kier molecular flexibility index (Phi) is 4.28. The molecule has 21 heavy (non-hydrogen) atoms. The zero-order valence-electron chi connectivity index (χ0n) is 11.8. The van der Waals surface area contributed by atoms with Gasteiger partial charge in [0.05, 0.1) is 11.4 Å². The van der Waals surface area contributed by atoms with E-state index < -0.39 is 0 Å². The molecule has 104 valence electrons. The lowest BCUT2D eigenvalue weighted by molar-refractivity contribution is 0.483. The fourth-order valence-corrected chi connectivity index (χ4v) is 1.73. The largest absolute Gasteiger partial charge is 0.457 e. The van der Waals surface area contributed by atoms with Gasteiger partial charge in [-0.25, -0.2) is 0 Å². The maximum Gasteiger partial charge on any atom is 0.183 e. The molecule has 2 aromatic carbocycles. The highest BCUT2D eigenvalue weighted by atomic mass is 16.5. The van der Waals surface area contributed by atoms with Crippen molar-refractivity contribution in [3.63, 3.8) is 0 Å². The minimum Gasteiger partial charge on any atom is -0.457 e. The Hall–Kier alpha value is -3.18. The first-order valence-corrected chi connectivity index (χ1v) is 6.29. The van der Waals surface area contributed by atoms with Gasteiger partial charge in [0.1, 0.15) is 11.5 Å². The molecule has 0 aliphatic rings. The summed E-state index contributed by atoms with van der Waals surface area (Å²) in [6, 6.07) is 14.5. The van der Waals surface area contributed by atoms with Gasteiger partial charge in [0.15, 0.2) is 12.4 Å². The minimum absolute atomic E-state index is 0.687. The van der Waals surface area contributed by atoms with E-state index in [9.17, 15) is 0 Å². The van der Waals surface area contributed by atoms with E-state index in [2.05, 4.69) is 0 Å². The van der Waals surface area contributed by atoms with E-state index in [4.69, 9.17) is 15.3 Å². The molecule has 2 aromatic rings. The number of rotatable bonds is 4. The Morgan fingerprint density at radius 1 is 0.714 bits per heavy atom. The van der Waals surface area contributed by atoms with E-state index in [1.54, 1.807) is 38.4 Å². The van der Waals surface area contributed by atoms with Gasteiger partial charge in [-0.15, -0.1) is 0 Å². The summed E-state index contributed by atoms with van der Waals surface area (Å²) in [5.41, 5.74) is 1.60. The van der Waals surface area contributed by atoms with Gasteiger partial charge in [0, 0.05) is 14.1 Å². The molecule has 0 unspecified atom stereocenters. The Morgan fingerprint density at radius 2 is 1.05 bits per heavy atom. The maximum absolute atomic E-state index is 8.80. The second kappa shape index (κ2) is 6.31. The first-order valence-electron chi connectivity index (χ1n) is 6.29. The Morgan fingerprint density at radius 3 is 1.33 bits per heavy atom. The van der Waals surface area contributed by atoms with Gasteiger partial charge in [-0.05, 0) is 48.5 Å². The van der Waals surface area contributed by atoms with Crippen molar-refractivity contribution >= 4 is 11.4 Å². The number of nitrogens with zero attached hydrogens (tertiary/aromatic N) is 4. The smallest absolute Gasteiger partial charge is 0.183 e. The molecule has 5 nitrogen and oxygen atoms in total. The predicted molar refractivity (Wildman–Crippen MR) is 81.0 cm³/mol. The molecular formula is C16H14N4O. The van der Waals surface area contributed by atoms with Gasteiger partial charge in [-0.2, -0.15) is 10.5 Å². The van der Waals surface area contributed by atoms with E-state index in [1.807, 2.05) is 36.7 Å². The summed E-state index contributed by atoms with van der Waals surface area (Å²) in [6.07, 6.45) is 4.07. The van der Waals surface area contributed by atoms with Crippen LogP contribution in [0.3, 0.4) is 0 Å². The summed E-state index contributed by atoms with van der Waals surface area (Å²) in [4.78, 5) is 2.94. The molecule has 0 heterocycles. The van der Waals surface area contributed by atoms with E-state index in [-0.39, 0.29) is 0 Å². The standard InChI is InChI=1S/C16H14N4O/c1-19(11-17)13-3-7-15(8-4-13)21-16-9-5-14(6-10-16)20(2)12-18/h3-10H,1-2H3. The van der Waals surface area contributed by atoms with Crippen LogP contribution in [0.25, 0.3) is 0 Å². The van der Waals surface area contributed by atoms with Crippen LogP contribution in [-0.2, 0) is 0 Å². The minimum atomic E-state index is 0.687. The number of hydrogen-bond donors (Lipinski definition) is 0. The Bertz CT molecular complexity index is 619. The van der Waals surface area contributed by atoms with E-state index in [0.29, 0.717) is 11.5 Å². The van der Waals surface area contributed by atoms with Crippen LogP contribution in [0.1, 0.15) is 0 Å². The van der Waals surface area contributed by atoms with Crippen LogP contribution in [0, 0.1) is 22.9 Å². The van der Waals surface area contributed by atoms with Crippen LogP contribution < -0.4 is 14.5 Å². The van der Waals surface area contributed by atoms with Crippen LogP contribution in [0.5, 0.6) is 11.5 Å².